The zero-order chi connectivity index (χ0) is 23.7. The summed E-state index contributed by atoms with van der Waals surface area (Å²) < 4.78 is 0. The third-order valence-electron chi connectivity index (χ3n) is 6.43. The van der Waals surface area contributed by atoms with Crippen LogP contribution in [0.2, 0.25) is 0 Å². The molecule has 172 valence electrons. The van der Waals surface area contributed by atoms with Gasteiger partial charge in [0, 0.05) is 43.2 Å². The summed E-state index contributed by atoms with van der Waals surface area (Å²) in [6, 6.07) is 20.3. The molecule has 7 heteroatoms. The first-order chi connectivity index (χ1) is 16.6. The van der Waals surface area contributed by atoms with Crippen molar-refractivity contribution in [3.8, 4) is 6.07 Å². The summed E-state index contributed by atoms with van der Waals surface area (Å²) in [7, 11) is 0. The number of aryl methyl sites for hydroxylation is 1. The molecule has 3 aliphatic rings. The molecule has 2 fully saturated rings. The van der Waals surface area contributed by atoms with Gasteiger partial charge in [-0.3, -0.25) is 9.59 Å². The number of hydrogen-bond acceptors (Lipinski definition) is 5. The molecule has 2 heterocycles. The minimum absolute atomic E-state index is 0.134. The molecule has 2 amide bonds. The molecular weight excluding hydrogens is 444 g/mol. The van der Waals surface area contributed by atoms with Crippen molar-refractivity contribution in [2.45, 2.75) is 19.8 Å². The van der Waals surface area contributed by atoms with E-state index in [1.54, 1.807) is 4.90 Å². The van der Waals surface area contributed by atoms with Crippen LogP contribution < -0.4 is 4.90 Å². The fourth-order valence-electron chi connectivity index (χ4n) is 4.32. The van der Waals surface area contributed by atoms with Gasteiger partial charge in [-0.2, -0.15) is 5.26 Å². The molecule has 2 aromatic rings. The van der Waals surface area contributed by atoms with Crippen molar-refractivity contribution in [3.05, 3.63) is 81.7 Å². The van der Waals surface area contributed by atoms with Gasteiger partial charge in [-0.05, 0) is 37.5 Å². The molecule has 1 aliphatic carbocycles. The second-order valence-corrected chi connectivity index (χ2v) is 9.70. The molecule has 0 spiro atoms. The van der Waals surface area contributed by atoms with Crippen LogP contribution >= 0.6 is 11.8 Å². The Morgan fingerprint density at radius 2 is 1.59 bits per heavy atom. The normalized spacial score (nSPS) is 19.5. The summed E-state index contributed by atoms with van der Waals surface area (Å²) in [5.41, 5.74) is 4.13. The lowest BCUT2D eigenvalue weighted by atomic mass is 10.1. The minimum atomic E-state index is -0.275. The fraction of sp³-hybridized carbons (Fsp3) is 0.296. The summed E-state index contributed by atoms with van der Waals surface area (Å²) in [6.07, 6.45) is 1.96. The number of hydrogen-bond donors (Lipinski definition) is 0. The Hall–Kier alpha value is -3.50. The topological polar surface area (TPSA) is 67.7 Å². The van der Waals surface area contributed by atoms with E-state index in [4.69, 9.17) is 0 Å². The molecular formula is C27H26N4O2S. The van der Waals surface area contributed by atoms with E-state index in [1.807, 2.05) is 76.7 Å². The third kappa shape index (κ3) is 4.34. The van der Waals surface area contributed by atoms with Crippen LogP contribution in [-0.4, -0.2) is 47.8 Å². The highest BCUT2D eigenvalue weighted by atomic mass is 32.2. The average molecular weight is 471 g/mol. The maximum absolute atomic E-state index is 13.5. The standard InChI is InChI=1S/C27H26N4O2S/c1-19-7-11-22(12-8-19)31-24(20-5-3-2-4-6-20)18-34-27(31)23(17-28)26(33)30-15-13-29(14-16-30)25(32)21-9-10-21/h2-8,11-12,18,21H,9-10,13-16H2,1H3/b27-23-. The Balaban J connectivity index is 1.44. The molecule has 0 atom stereocenters. The summed E-state index contributed by atoms with van der Waals surface area (Å²) >= 11 is 1.40. The quantitative estimate of drug-likeness (QED) is 0.491. The number of rotatable bonds is 4. The molecule has 1 saturated carbocycles. The van der Waals surface area contributed by atoms with E-state index >= 15 is 0 Å². The lowest BCUT2D eigenvalue weighted by Gasteiger charge is -2.35. The van der Waals surface area contributed by atoms with Gasteiger partial charge in [0.25, 0.3) is 5.91 Å². The zero-order valence-electron chi connectivity index (χ0n) is 19.1. The second kappa shape index (κ2) is 9.40. The van der Waals surface area contributed by atoms with Gasteiger partial charge in [0.2, 0.25) is 5.91 Å². The van der Waals surface area contributed by atoms with Gasteiger partial charge in [-0.25, -0.2) is 0 Å². The van der Waals surface area contributed by atoms with Crippen LogP contribution in [0.5, 0.6) is 0 Å². The molecule has 0 radical (unpaired) electrons. The number of carbonyl (C=O) groups excluding carboxylic acids is 2. The Morgan fingerprint density at radius 1 is 0.941 bits per heavy atom. The van der Waals surface area contributed by atoms with Crippen molar-refractivity contribution in [3.63, 3.8) is 0 Å². The first-order valence-electron chi connectivity index (χ1n) is 11.6. The van der Waals surface area contributed by atoms with E-state index in [1.165, 1.54) is 11.8 Å². The molecule has 0 N–H and O–H groups in total. The van der Waals surface area contributed by atoms with Crippen molar-refractivity contribution < 1.29 is 9.59 Å². The Bertz CT molecular complexity index is 1200. The fourth-order valence-corrected chi connectivity index (χ4v) is 5.34. The molecule has 0 aromatic heterocycles. The van der Waals surface area contributed by atoms with E-state index in [0.717, 1.165) is 35.4 Å². The highest BCUT2D eigenvalue weighted by Crippen LogP contribution is 2.44. The van der Waals surface area contributed by atoms with Crippen molar-refractivity contribution in [1.29, 1.82) is 5.26 Å². The predicted octanol–water partition coefficient (Wildman–Crippen LogP) is 4.36. The van der Waals surface area contributed by atoms with Crippen LogP contribution in [-0.2, 0) is 9.59 Å². The monoisotopic (exact) mass is 470 g/mol. The number of benzene rings is 2. The van der Waals surface area contributed by atoms with E-state index in [2.05, 4.69) is 6.07 Å². The summed E-state index contributed by atoms with van der Waals surface area (Å²) in [6.45, 7) is 3.98. The first-order valence-corrected chi connectivity index (χ1v) is 12.5. The van der Waals surface area contributed by atoms with Crippen LogP contribution in [0.1, 0.15) is 24.0 Å². The number of anilines is 1. The highest BCUT2D eigenvalue weighted by Gasteiger charge is 2.37. The van der Waals surface area contributed by atoms with Crippen LogP contribution in [0.25, 0.3) is 5.70 Å². The van der Waals surface area contributed by atoms with Crippen LogP contribution in [0.15, 0.2) is 70.6 Å². The van der Waals surface area contributed by atoms with Gasteiger partial charge in [-0.1, -0.05) is 59.8 Å². The predicted molar refractivity (Wildman–Crippen MR) is 134 cm³/mol. The molecule has 0 bridgehead atoms. The highest BCUT2D eigenvalue weighted by molar-refractivity contribution is 8.06. The van der Waals surface area contributed by atoms with Crippen LogP contribution in [0.4, 0.5) is 5.69 Å². The Kier molecular flexibility index (Phi) is 6.16. The minimum Gasteiger partial charge on any atom is -0.339 e. The number of carbonyl (C=O) groups is 2. The lowest BCUT2D eigenvalue weighted by molar-refractivity contribution is -0.138. The summed E-state index contributed by atoms with van der Waals surface area (Å²) in [4.78, 5) is 31.4. The lowest BCUT2D eigenvalue weighted by Crippen LogP contribution is -2.51. The van der Waals surface area contributed by atoms with Gasteiger partial charge in [0.15, 0.2) is 0 Å². The van der Waals surface area contributed by atoms with Gasteiger partial charge < -0.3 is 14.7 Å². The largest absolute Gasteiger partial charge is 0.339 e. The van der Waals surface area contributed by atoms with Crippen molar-refractivity contribution in [1.82, 2.24) is 9.80 Å². The van der Waals surface area contributed by atoms with Crippen molar-refractivity contribution >= 4 is 35.0 Å². The van der Waals surface area contributed by atoms with Crippen molar-refractivity contribution in [2.75, 3.05) is 31.1 Å². The molecule has 0 unspecified atom stereocenters. The van der Waals surface area contributed by atoms with Crippen LogP contribution in [0, 0.1) is 24.2 Å². The molecule has 6 nitrogen and oxygen atoms in total. The van der Waals surface area contributed by atoms with Gasteiger partial charge in [-0.15, -0.1) is 0 Å². The van der Waals surface area contributed by atoms with E-state index in [9.17, 15) is 14.9 Å². The van der Waals surface area contributed by atoms with Gasteiger partial charge in [0.05, 0.1) is 5.70 Å². The number of amides is 2. The van der Waals surface area contributed by atoms with E-state index < -0.39 is 0 Å². The average Bonchev–Trinajstić information content (AvgIpc) is 3.64. The molecule has 1 saturated heterocycles. The maximum atomic E-state index is 13.5. The molecule has 2 aromatic carbocycles. The zero-order valence-corrected chi connectivity index (χ0v) is 19.9. The summed E-state index contributed by atoms with van der Waals surface area (Å²) in [5, 5.41) is 12.7. The number of thioether (sulfide) groups is 1. The maximum Gasteiger partial charge on any atom is 0.267 e. The number of piperazine rings is 1. The molecule has 5 rings (SSSR count). The SMILES string of the molecule is Cc1ccc(N2C(c3ccccc3)=CS/C2=C(/C#N)C(=O)N2CCN(C(=O)C3CC3)CC2)cc1. The van der Waals surface area contributed by atoms with Gasteiger partial charge >= 0.3 is 0 Å². The third-order valence-corrected chi connectivity index (χ3v) is 7.38. The summed E-state index contributed by atoms with van der Waals surface area (Å²) in [5.74, 6) is 0.113. The Morgan fingerprint density at radius 3 is 2.21 bits per heavy atom. The number of nitriles is 1. The van der Waals surface area contributed by atoms with Crippen LogP contribution in [0.3, 0.4) is 0 Å². The molecule has 2 aliphatic heterocycles. The Labute approximate surface area is 204 Å². The van der Waals surface area contributed by atoms with Gasteiger partial charge in [0.1, 0.15) is 16.7 Å². The number of nitrogens with zero attached hydrogens (tertiary/aromatic N) is 4. The second-order valence-electron chi connectivity index (χ2n) is 8.84. The first kappa shape index (κ1) is 22.3. The van der Waals surface area contributed by atoms with Crippen molar-refractivity contribution in [2.24, 2.45) is 5.92 Å². The molecule has 34 heavy (non-hydrogen) atoms. The smallest absolute Gasteiger partial charge is 0.267 e. The van der Waals surface area contributed by atoms with E-state index in [-0.39, 0.29) is 23.3 Å². The van der Waals surface area contributed by atoms with E-state index in [0.29, 0.717) is 31.2 Å².